The van der Waals surface area contributed by atoms with E-state index in [2.05, 4.69) is 35.7 Å². The molecule has 0 aliphatic heterocycles. The number of aromatic nitrogens is 6. The van der Waals surface area contributed by atoms with Crippen LogP contribution in [-0.2, 0) is 4.79 Å². The molecule has 0 atom stereocenters. The van der Waals surface area contributed by atoms with Gasteiger partial charge in [0.1, 0.15) is 6.33 Å². The van der Waals surface area contributed by atoms with Gasteiger partial charge in [0.05, 0.1) is 5.75 Å². The minimum atomic E-state index is -0.427. The molecule has 0 saturated heterocycles. The Hall–Kier alpha value is -2.43. The van der Waals surface area contributed by atoms with Gasteiger partial charge in [0.2, 0.25) is 23.0 Å². The smallest absolute Gasteiger partial charge is 0.258 e. The lowest BCUT2D eigenvalue weighted by Crippen LogP contribution is -2.16. The number of carbonyl (C=O) groups excluding carboxylic acids is 1. The quantitative estimate of drug-likeness (QED) is 0.580. The van der Waals surface area contributed by atoms with Crippen molar-refractivity contribution in [1.29, 1.82) is 0 Å². The number of thioether (sulfide) groups is 1. The highest BCUT2D eigenvalue weighted by atomic mass is 32.2. The summed E-state index contributed by atoms with van der Waals surface area (Å²) in [4.78, 5) is 27.8. The predicted molar refractivity (Wildman–Crippen MR) is 87.6 cm³/mol. The van der Waals surface area contributed by atoms with Gasteiger partial charge in [-0.1, -0.05) is 11.8 Å². The van der Waals surface area contributed by atoms with E-state index >= 15 is 0 Å². The fraction of sp³-hybridized carbons (Fsp3) is 0.500. The van der Waals surface area contributed by atoms with Crippen molar-refractivity contribution in [3.8, 4) is 5.95 Å². The monoisotopic (exact) mass is 337 g/mol. The number of amides is 1. The second-order valence-electron chi connectivity index (χ2n) is 4.84. The molecule has 124 valence electrons. The lowest BCUT2D eigenvalue weighted by atomic mass is 10.4. The van der Waals surface area contributed by atoms with E-state index in [0.29, 0.717) is 29.5 Å². The zero-order chi connectivity index (χ0) is 16.8. The van der Waals surface area contributed by atoms with E-state index in [1.165, 1.54) is 11.0 Å². The van der Waals surface area contributed by atoms with Crippen LogP contribution in [0.25, 0.3) is 5.95 Å². The van der Waals surface area contributed by atoms with Gasteiger partial charge in [-0.25, -0.2) is 4.98 Å². The number of nitrogens with two attached hydrogens (primary N) is 1. The lowest BCUT2D eigenvalue weighted by Gasteiger charge is -2.11. The summed E-state index contributed by atoms with van der Waals surface area (Å²) >= 11 is 1.15. The average molecular weight is 337 g/mol. The molecule has 0 radical (unpaired) electrons. The van der Waals surface area contributed by atoms with Crippen molar-refractivity contribution in [2.45, 2.75) is 32.0 Å². The van der Waals surface area contributed by atoms with Crippen LogP contribution in [0.1, 0.15) is 20.8 Å². The maximum absolute atomic E-state index is 10.8. The molecular weight excluding hydrogens is 318 g/mol. The summed E-state index contributed by atoms with van der Waals surface area (Å²) in [5, 5.41) is 10.8. The Morgan fingerprint density at radius 3 is 2.74 bits per heavy atom. The molecule has 11 heteroatoms. The van der Waals surface area contributed by atoms with Crippen LogP contribution in [0.3, 0.4) is 0 Å². The van der Waals surface area contributed by atoms with Gasteiger partial charge in [0.25, 0.3) is 5.95 Å². The van der Waals surface area contributed by atoms with Crippen LogP contribution in [-0.4, -0.2) is 54.0 Å². The summed E-state index contributed by atoms with van der Waals surface area (Å²) in [5.74, 6) is 0.913. The van der Waals surface area contributed by atoms with Crippen LogP contribution in [0.15, 0.2) is 11.5 Å². The first-order valence-corrected chi connectivity index (χ1v) is 8.06. The number of rotatable bonds is 8. The number of carbonyl (C=O) groups is 1. The topological polar surface area (TPSA) is 137 Å². The van der Waals surface area contributed by atoms with E-state index in [1.807, 2.05) is 20.8 Å². The van der Waals surface area contributed by atoms with Gasteiger partial charge >= 0.3 is 0 Å². The van der Waals surface area contributed by atoms with Crippen LogP contribution >= 0.6 is 11.8 Å². The van der Waals surface area contributed by atoms with E-state index < -0.39 is 5.91 Å². The third-order valence-corrected chi connectivity index (χ3v) is 3.27. The molecule has 0 bridgehead atoms. The zero-order valence-corrected chi connectivity index (χ0v) is 14.0. The Morgan fingerprint density at radius 1 is 1.35 bits per heavy atom. The Morgan fingerprint density at radius 2 is 2.09 bits per heavy atom. The normalized spacial score (nSPS) is 10.8. The molecule has 2 aromatic heterocycles. The molecule has 10 nitrogen and oxygen atoms in total. The highest BCUT2D eigenvalue weighted by Crippen LogP contribution is 2.14. The molecule has 0 aliphatic carbocycles. The van der Waals surface area contributed by atoms with Gasteiger partial charge in [-0.05, 0) is 20.8 Å². The van der Waals surface area contributed by atoms with Crippen molar-refractivity contribution in [2.24, 2.45) is 5.73 Å². The molecule has 0 aromatic carbocycles. The number of nitrogens with zero attached hydrogens (tertiary/aromatic N) is 6. The molecule has 0 aliphatic rings. The Bertz CT molecular complexity index is 672. The summed E-state index contributed by atoms with van der Waals surface area (Å²) in [7, 11) is 0. The van der Waals surface area contributed by atoms with Gasteiger partial charge in [-0.2, -0.15) is 19.6 Å². The van der Waals surface area contributed by atoms with E-state index in [4.69, 9.17) is 5.73 Å². The molecule has 2 rings (SSSR count). The highest BCUT2D eigenvalue weighted by Gasteiger charge is 2.11. The number of anilines is 2. The van der Waals surface area contributed by atoms with E-state index in [0.717, 1.165) is 11.8 Å². The minimum absolute atomic E-state index is 0.115. The Kier molecular flexibility index (Phi) is 5.68. The predicted octanol–water partition coefficient (Wildman–Crippen LogP) is 0.282. The second-order valence-corrected chi connectivity index (χ2v) is 5.78. The highest BCUT2D eigenvalue weighted by molar-refractivity contribution is 7.99. The second kappa shape index (κ2) is 7.72. The molecule has 1 amide bonds. The molecule has 4 N–H and O–H groups in total. The molecule has 0 saturated carbocycles. The zero-order valence-electron chi connectivity index (χ0n) is 13.1. The maximum atomic E-state index is 10.8. The lowest BCUT2D eigenvalue weighted by molar-refractivity contribution is -0.115. The standard InChI is InChI=1S/C12H19N9OS/c1-4-14-9-17-10(16-7(2)3)19-11(18-9)21-6-15-12(20-21)23-5-8(13)22/h6-7H,4-5H2,1-3H3,(H2,13,22)(H2,14,16,17,18,19). The molecule has 0 unspecified atom stereocenters. The van der Waals surface area contributed by atoms with Crippen LogP contribution < -0.4 is 16.4 Å². The van der Waals surface area contributed by atoms with Gasteiger partial charge in [0, 0.05) is 12.6 Å². The van der Waals surface area contributed by atoms with Crippen LogP contribution in [0, 0.1) is 0 Å². The fourth-order valence-electron chi connectivity index (χ4n) is 1.57. The maximum Gasteiger partial charge on any atom is 0.258 e. The first-order chi connectivity index (χ1) is 11.0. The minimum Gasteiger partial charge on any atom is -0.369 e. The van der Waals surface area contributed by atoms with Crippen molar-refractivity contribution in [2.75, 3.05) is 22.9 Å². The summed E-state index contributed by atoms with van der Waals surface area (Å²) in [6.07, 6.45) is 1.48. The van der Waals surface area contributed by atoms with Crippen molar-refractivity contribution < 1.29 is 4.79 Å². The largest absolute Gasteiger partial charge is 0.369 e. The Labute approximate surface area is 137 Å². The molecule has 23 heavy (non-hydrogen) atoms. The summed E-state index contributed by atoms with van der Waals surface area (Å²) in [6.45, 7) is 6.61. The van der Waals surface area contributed by atoms with Crippen LogP contribution in [0.4, 0.5) is 11.9 Å². The number of primary amides is 1. The molecule has 0 spiro atoms. The SMILES string of the molecule is CCNc1nc(NC(C)C)nc(-n2cnc(SCC(N)=O)n2)n1. The summed E-state index contributed by atoms with van der Waals surface area (Å²) in [5.41, 5.74) is 5.11. The average Bonchev–Trinajstić information content (AvgIpc) is 2.93. The molecule has 2 aromatic rings. The van der Waals surface area contributed by atoms with Crippen molar-refractivity contribution in [3.63, 3.8) is 0 Å². The third-order valence-electron chi connectivity index (χ3n) is 2.40. The van der Waals surface area contributed by atoms with Gasteiger partial charge in [0.15, 0.2) is 0 Å². The summed E-state index contributed by atoms with van der Waals surface area (Å²) in [6, 6.07) is 0.178. The van der Waals surface area contributed by atoms with Crippen molar-refractivity contribution in [1.82, 2.24) is 29.7 Å². The first kappa shape index (κ1) is 16.9. The molecule has 2 heterocycles. The van der Waals surface area contributed by atoms with E-state index in [-0.39, 0.29) is 11.8 Å². The Balaban J connectivity index is 2.26. The third kappa shape index (κ3) is 5.06. The first-order valence-electron chi connectivity index (χ1n) is 7.07. The molecular formula is C12H19N9OS. The molecule has 0 fully saturated rings. The van der Waals surface area contributed by atoms with Crippen LogP contribution in [0.2, 0.25) is 0 Å². The van der Waals surface area contributed by atoms with Crippen molar-refractivity contribution >= 4 is 29.6 Å². The number of hydrogen-bond acceptors (Lipinski definition) is 9. The van der Waals surface area contributed by atoms with Gasteiger partial charge in [-0.3, -0.25) is 4.79 Å². The van der Waals surface area contributed by atoms with Crippen LogP contribution in [0.5, 0.6) is 0 Å². The number of nitrogens with one attached hydrogen (secondary N) is 2. The van der Waals surface area contributed by atoms with E-state index in [1.54, 1.807) is 0 Å². The number of hydrogen-bond donors (Lipinski definition) is 3. The summed E-state index contributed by atoms with van der Waals surface area (Å²) < 4.78 is 1.43. The van der Waals surface area contributed by atoms with Gasteiger partial charge in [-0.15, -0.1) is 5.10 Å². The van der Waals surface area contributed by atoms with E-state index in [9.17, 15) is 4.79 Å². The van der Waals surface area contributed by atoms with Gasteiger partial charge < -0.3 is 16.4 Å². The fourth-order valence-corrected chi connectivity index (χ4v) is 2.11. The van der Waals surface area contributed by atoms with Crippen molar-refractivity contribution in [3.05, 3.63) is 6.33 Å².